The molecule has 0 fully saturated rings. The van der Waals surface area contributed by atoms with Crippen LogP contribution in [0.15, 0.2) is 48.5 Å². The van der Waals surface area contributed by atoms with Gasteiger partial charge in [-0.15, -0.1) is 0 Å². The predicted molar refractivity (Wildman–Crippen MR) is 76.4 cm³/mol. The Kier molecular flexibility index (Phi) is 4.65. The van der Waals surface area contributed by atoms with Crippen LogP contribution in [-0.2, 0) is 6.42 Å². The van der Waals surface area contributed by atoms with Crippen molar-refractivity contribution in [3.8, 4) is 0 Å². The molecule has 3 heteroatoms. The van der Waals surface area contributed by atoms with Crippen LogP contribution in [0.5, 0.6) is 0 Å². The van der Waals surface area contributed by atoms with Gasteiger partial charge in [0, 0.05) is 16.0 Å². The third-order valence-electron chi connectivity index (χ3n) is 2.96. The lowest BCUT2D eigenvalue weighted by Gasteiger charge is -2.16. The molecule has 0 radical (unpaired) electrons. The van der Waals surface area contributed by atoms with E-state index in [9.17, 15) is 5.11 Å². The Morgan fingerprint density at radius 1 is 0.944 bits per heavy atom. The van der Waals surface area contributed by atoms with Crippen LogP contribution < -0.4 is 0 Å². The molecule has 0 aromatic heterocycles. The summed E-state index contributed by atoms with van der Waals surface area (Å²) in [5.41, 5.74) is 2.12. The minimum atomic E-state index is 0.0138. The smallest absolute Gasteiger partial charge is 0.0503 e. The van der Waals surface area contributed by atoms with Crippen molar-refractivity contribution >= 4 is 23.2 Å². The molecule has 0 aliphatic carbocycles. The van der Waals surface area contributed by atoms with E-state index in [2.05, 4.69) is 0 Å². The standard InChI is InChI=1S/C15H14Cl2O/c16-13-7-5-11(6-8-13)9-12(10-18)14-3-1-2-4-15(14)17/h1-8,12,18H,9-10H2. The Hall–Kier alpha value is -1.02. The highest BCUT2D eigenvalue weighted by Crippen LogP contribution is 2.27. The maximum Gasteiger partial charge on any atom is 0.0503 e. The van der Waals surface area contributed by atoms with Crippen molar-refractivity contribution in [2.45, 2.75) is 12.3 Å². The molecular weight excluding hydrogens is 267 g/mol. The lowest BCUT2D eigenvalue weighted by Crippen LogP contribution is -2.08. The van der Waals surface area contributed by atoms with Crippen molar-refractivity contribution in [3.05, 3.63) is 69.7 Å². The average molecular weight is 281 g/mol. The molecule has 1 nitrogen and oxygen atoms in total. The number of hydrogen-bond acceptors (Lipinski definition) is 1. The van der Waals surface area contributed by atoms with E-state index in [-0.39, 0.29) is 12.5 Å². The molecule has 1 atom stereocenters. The zero-order chi connectivity index (χ0) is 13.0. The van der Waals surface area contributed by atoms with Crippen LogP contribution >= 0.6 is 23.2 Å². The lowest BCUT2D eigenvalue weighted by atomic mass is 9.93. The van der Waals surface area contributed by atoms with Crippen LogP contribution in [0.4, 0.5) is 0 Å². The number of aliphatic hydroxyl groups is 1. The van der Waals surface area contributed by atoms with Gasteiger partial charge in [0.25, 0.3) is 0 Å². The van der Waals surface area contributed by atoms with Gasteiger partial charge in [-0.3, -0.25) is 0 Å². The van der Waals surface area contributed by atoms with Gasteiger partial charge in [0.1, 0.15) is 0 Å². The third-order valence-corrected chi connectivity index (χ3v) is 3.56. The van der Waals surface area contributed by atoms with Gasteiger partial charge in [0.15, 0.2) is 0 Å². The van der Waals surface area contributed by atoms with Gasteiger partial charge in [-0.2, -0.15) is 0 Å². The van der Waals surface area contributed by atoms with Gasteiger partial charge in [-0.25, -0.2) is 0 Å². The van der Waals surface area contributed by atoms with Crippen molar-refractivity contribution in [2.24, 2.45) is 0 Å². The van der Waals surface area contributed by atoms with Gasteiger partial charge in [-0.1, -0.05) is 53.5 Å². The number of benzene rings is 2. The van der Waals surface area contributed by atoms with E-state index < -0.39 is 0 Å². The molecule has 0 bridgehead atoms. The van der Waals surface area contributed by atoms with E-state index in [1.165, 1.54) is 0 Å². The van der Waals surface area contributed by atoms with Crippen molar-refractivity contribution in [2.75, 3.05) is 6.61 Å². The molecule has 0 amide bonds. The monoisotopic (exact) mass is 280 g/mol. The minimum Gasteiger partial charge on any atom is -0.396 e. The summed E-state index contributed by atoms with van der Waals surface area (Å²) in [7, 11) is 0. The molecule has 0 saturated carbocycles. The molecule has 2 aromatic carbocycles. The fourth-order valence-electron chi connectivity index (χ4n) is 1.98. The zero-order valence-corrected chi connectivity index (χ0v) is 11.3. The summed E-state index contributed by atoms with van der Waals surface area (Å²) >= 11 is 12.0. The Balaban J connectivity index is 2.20. The molecule has 2 rings (SSSR count). The predicted octanol–water partition coefficient (Wildman–Crippen LogP) is 4.31. The third kappa shape index (κ3) is 3.26. The largest absolute Gasteiger partial charge is 0.396 e. The molecule has 2 aromatic rings. The fourth-order valence-corrected chi connectivity index (χ4v) is 2.40. The number of aliphatic hydroxyl groups excluding tert-OH is 1. The second kappa shape index (κ2) is 6.24. The SMILES string of the molecule is OCC(Cc1ccc(Cl)cc1)c1ccccc1Cl. The highest BCUT2D eigenvalue weighted by molar-refractivity contribution is 6.31. The first-order valence-corrected chi connectivity index (χ1v) is 6.56. The Morgan fingerprint density at radius 2 is 1.61 bits per heavy atom. The van der Waals surface area contributed by atoms with E-state index in [0.717, 1.165) is 22.6 Å². The number of rotatable bonds is 4. The molecular formula is C15H14Cl2O. The van der Waals surface area contributed by atoms with Crippen LogP contribution in [0.3, 0.4) is 0 Å². The molecule has 0 saturated heterocycles. The minimum absolute atomic E-state index is 0.0138. The van der Waals surface area contributed by atoms with Crippen LogP contribution in [0.2, 0.25) is 10.0 Å². The Labute approximate surface area is 117 Å². The molecule has 94 valence electrons. The van der Waals surface area contributed by atoms with E-state index in [0.29, 0.717) is 5.02 Å². The first-order valence-electron chi connectivity index (χ1n) is 5.80. The lowest BCUT2D eigenvalue weighted by molar-refractivity contribution is 0.264. The Bertz CT molecular complexity index is 508. The van der Waals surface area contributed by atoms with Gasteiger partial charge in [-0.05, 0) is 35.7 Å². The van der Waals surface area contributed by atoms with Crippen LogP contribution in [0.25, 0.3) is 0 Å². The molecule has 0 aliphatic heterocycles. The second-order valence-corrected chi connectivity index (χ2v) is 5.08. The van der Waals surface area contributed by atoms with Crippen LogP contribution in [-0.4, -0.2) is 11.7 Å². The Morgan fingerprint density at radius 3 is 2.22 bits per heavy atom. The van der Waals surface area contributed by atoms with Crippen molar-refractivity contribution < 1.29 is 5.11 Å². The maximum atomic E-state index is 9.54. The van der Waals surface area contributed by atoms with E-state index >= 15 is 0 Å². The molecule has 0 aliphatic rings. The van der Waals surface area contributed by atoms with Crippen LogP contribution in [0, 0.1) is 0 Å². The average Bonchev–Trinajstić information content (AvgIpc) is 2.39. The molecule has 1 unspecified atom stereocenters. The second-order valence-electron chi connectivity index (χ2n) is 4.23. The highest BCUT2D eigenvalue weighted by Gasteiger charge is 2.14. The van der Waals surface area contributed by atoms with E-state index in [1.54, 1.807) is 0 Å². The molecule has 1 N–H and O–H groups in total. The first-order chi connectivity index (χ1) is 8.70. The summed E-state index contributed by atoms with van der Waals surface area (Å²) in [6.45, 7) is 0.0758. The number of halogens is 2. The van der Waals surface area contributed by atoms with E-state index in [1.807, 2.05) is 48.5 Å². The normalized spacial score (nSPS) is 12.4. The first kappa shape index (κ1) is 13.4. The number of hydrogen-bond donors (Lipinski definition) is 1. The van der Waals surface area contributed by atoms with E-state index in [4.69, 9.17) is 23.2 Å². The van der Waals surface area contributed by atoms with Gasteiger partial charge < -0.3 is 5.11 Å². The van der Waals surface area contributed by atoms with Crippen molar-refractivity contribution in [3.63, 3.8) is 0 Å². The van der Waals surface area contributed by atoms with Crippen molar-refractivity contribution in [1.29, 1.82) is 0 Å². The highest BCUT2D eigenvalue weighted by atomic mass is 35.5. The summed E-state index contributed by atoms with van der Waals surface area (Å²) in [5.74, 6) is 0.0138. The summed E-state index contributed by atoms with van der Waals surface area (Å²) in [5, 5.41) is 11.0. The van der Waals surface area contributed by atoms with Gasteiger partial charge in [0.05, 0.1) is 6.61 Å². The quantitative estimate of drug-likeness (QED) is 0.885. The summed E-state index contributed by atoms with van der Waals surface area (Å²) in [6.07, 6.45) is 0.747. The fraction of sp³-hybridized carbons (Fsp3) is 0.200. The van der Waals surface area contributed by atoms with Gasteiger partial charge >= 0.3 is 0 Å². The zero-order valence-electron chi connectivity index (χ0n) is 9.81. The van der Waals surface area contributed by atoms with Gasteiger partial charge in [0.2, 0.25) is 0 Å². The van der Waals surface area contributed by atoms with Crippen molar-refractivity contribution in [1.82, 2.24) is 0 Å². The topological polar surface area (TPSA) is 20.2 Å². The summed E-state index contributed by atoms with van der Waals surface area (Å²) in [4.78, 5) is 0. The molecule has 18 heavy (non-hydrogen) atoms. The summed E-state index contributed by atoms with van der Waals surface area (Å²) < 4.78 is 0. The molecule has 0 spiro atoms. The summed E-state index contributed by atoms with van der Waals surface area (Å²) in [6, 6.07) is 15.3. The maximum absolute atomic E-state index is 9.54. The molecule has 0 heterocycles. The van der Waals surface area contributed by atoms with Crippen LogP contribution in [0.1, 0.15) is 17.0 Å².